The van der Waals surface area contributed by atoms with E-state index in [4.69, 9.17) is 13.9 Å². The number of methoxy groups -OCH3 is 1. The highest BCUT2D eigenvalue weighted by molar-refractivity contribution is 5.80. The number of fused-ring (bicyclic) bond motifs is 1. The van der Waals surface area contributed by atoms with Crippen LogP contribution in [0.25, 0.3) is 11.1 Å². The third-order valence-electron chi connectivity index (χ3n) is 3.92. The second-order valence-corrected chi connectivity index (χ2v) is 5.74. The lowest BCUT2D eigenvalue weighted by atomic mass is 10.3. The van der Waals surface area contributed by atoms with Gasteiger partial charge in [0.2, 0.25) is 5.91 Å². The third kappa shape index (κ3) is 4.29. The molecule has 10 nitrogen and oxygen atoms in total. The summed E-state index contributed by atoms with van der Waals surface area (Å²) in [4.78, 5) is 34.2. The van der Waals surface area contributed by atoms with E-state index in [2.05, 4.69) is 5.32 Å². The monoisotopic (exact) mass is 387 g/mol. The maximum atomic E-state index is 12.1. The summed E-state index contributed by atoms with van der Waals surface area (Å²) in [5.41, 5.74) is 0.156. The Kier molecular flexibility index (Phi) is 5.58. The zero-order valence-corrected chi connectivity index (χ0v) is 14.9. The molecule has 0 fully saturated rings. The van der Waals surface area contributed by atoms with E-state index >= 15 is 0 Å². The van der Waals surface area contributed by atoms with Crippen LogP contribution in [0.5, 0.6) is 11.5 Å². The SMILES string of the molecule is COc1ccc(OCCNC(=O)Cn2c(=O)oc3cc([N+](=O)[O-])ccc32)cc1. The van der Waals surface area contributed by atoms with E-state index in [1.807, 2.05) is 0 Å². The fraction of sp³-hybridized carbons (Fsp3) is 0.222. The van der Waals surface area contributed by atoms with Gasteiger partial charge in [-0.25, -0.2) is 4.79 Å². The number of aromatic nitrogens is 1. The molecule has 0 spiro atoms. The Labute approximate surface area is 158 Å². The summed E-state index contributed by atoms with van der Waals surface area (Å²) in [5, 5.41) is 13.4. The maximum absolute atomic E-state index is 12.1. The molecule has 1 N–H and O–H groups in total. The first-order chi connectivity index (χ1) is 13.5. The van der Waals surface area contributed by atoms with Crippen molar-refractivity contribution in [3.63, 3.8) is 0 Å². The molecular weight excluding hydrogens is 370 g/mol. The molecule has 146 valence electrons. The van der Waals surface area contributed by atoms with E-state index in [1.54, 1.807) is 31.4 Å². The van der Waals surface area contributed by atoms with Gasteiger partial charge in [0.05, 0.1) is 30.2 Å². The van der Waals surface area contributed by atoms with Crippen LogP contribution >= 0.6 is 0 Å². The van der Waals surface area contributed by atoms with Crippen molar-refractivity contribution >= 4 is 22.7 Å². The number of rotatable bonds is 8. The van der Waals surface area contributed by atoms with Gasteiger partial charge in [0.1, 0.15) is 24.7 Å². The maximum Gasteiger partial charge on any atom is 0.420 e. The molecule has 10 heteroatoms. The van der Waals surface area contributed by atoms with Crippen molar-refractivity contribution in [3.8, 4) is 11.5 Å². The standard InChI is InChI=1S/C18H17N3O7/c1-26-13-3-5-14(6-4-13)27-9-8-19-17(22)11-20-15-7-2-12(21(24)25)10-16(15)28-18(20)23/h2-7,10H,8-9,11H2,1H3,(H,19,22). The first kappa shape index (κ1) is 19.0. The van der Waals surface area contributed by atoms with Gasteiger partial charge in [0.15, 0.2) is 5.58 Å². The second-order valence-electron chi connectivity index (χ2n) is 5.74. The Morgan fingerprint density at radius 3 is 2.61 bits per heavy atom. The number of oxazole rings is 1. The molecule has 0 unspecified atom stereocenters. The van der Waals surface area contributed by atoms with Crippen molar-refractivity contribution in [1.82, 2.24) is 9.88 Å². The number of nitrogens with one attached hydrogen (secondary N) is 1. The molecule has 3 rings (SSSR count). The highest BCUT2D eigenvalue weighted by Gasteiger charge is 2.16. The summed E-state index contributed by atoms with van der Waals surface area (Å²) in [6, 6.07) is 10.8. The van der Waals surface area contributed by atoms with Crippen molar-refractivity contribution in [1.29, 1.82) is 0 Å². The van der Waals surface area contributed by atoms with Gasteiger partial charge in [0.25, 0.3) is 5.69 Å². The molecule has 0 radical (unpaired) electrons. The van der Waals surface area contributed by atoms with Crippen LogP contribution in [0.15, 0.2) is 51.7 Å². The van der Waals surface area contributed by atoms with Gasteiger partial charge < -0.3 is 19.2 Å². The summed E-state index contributed by atoms with van der Waals surface area (Å²) < 4.78 is 16.6. The fourth-order valence-corrected chi connectivity index (χ4v) is 2.55. The average Bonchev–Trinajstić information content (AvgIpc) is 3.00. The Balaban J connectivity index is 1.55. The molecule has 0 saturated heterocycles. The summed E-state index contributed by atoms with van der Waals surface area (Å²) in [6.07, 6.45) is 0. The number of nitro groups is 1. The molecule has 1 aromatic heterocycles. The van der Waals surface area contributed by atoms with Gasteiger partial charge in [-0.3, -0.25) is 19.5 Å². The molecule has 0 atom stereocenters. The van der Waals surface area contributed by atoms with Gasteiger partial charge in [-0.15, -0.1) is 0 Å². The number of hydrogen-bond acceptors (Lipinski definition) is 7. The molecule has 1 amide bonds. The van der Waals surface area contributed by atoms with Gasteiger partial charge in [0, 0.05) is 6.07 Å². The normalized spacial score (nSPS) is 10.6. The number of carbonyl (C=O) groups excluding carboxylic acids is 1. The summed E-state index contributed by atoms with van der Waals surface area (Å²) in [5.74, 6) is 0.166. The molecule has 0 aliphatic rings. The van der Waals surface area contributed by atoms with Crippen LogP contribution < -0.4 is 20.5 Å². The van der Waals surface area contributed by atoms with E-state index in [-0.39, 0.29) is 31.0 Å². The zero-order chi connectivity index (χ0) is 20.1. The van der Waals surface area contributed by atoms with Crippen LogP contribution in [-0.2, 0) is 11.3 Å². The lowest BCUT2D eigenvalue weighted by molar-refractivity contribution is -0.384. The number of ether oxygens (including phenoxy) is 2. The average molecular weight is 387 g/mol. The molecule has 0 bridgehead atoms. The molecule has 0 saturated carbocycles. The number of hydrogen-bond donors (Lipinski definition) is 1. The van der Waals surface area contributed by atoms with Gasteiger partial charge in [-0.2, -0.15) is 0 Å². The van der Waals surface area contributed by atoms with Crippen molar-refractivity contribution in [2.75, 3.05) is 20.3 Å². The molecule has 3 aromatic rings. The molecule has 0 aliphatic carbocycles. The number of amides is 1. The van der Waals surface area contributed by atoms with Crippen molar-refractivity contribution in [2.45, 2.75) is 6.54 Å². The van der Waals surface area contributed by atoms with Crippen molar-refractivity contribution in [2.24, 2.45) is 0 Å². The van der Waals surface area contributed by atoms with Gasteiger partial charge in [-0.05, 0) is 30.3 Å². The Morgan fingerprint density at radius 1 is 1.21 bits per heavy atom. The Bertz CT molecular complexity index is 1050. The van der Waals surface area contributed by atoms with Gasteiger partial charge >= 0.3 is 5.76 Å². The number of nitrogens with zero attached hydrogens (tertiary/aromatic N) is 2. The summed E-state index contributed by atoms with van der Waals surface area (Å²) in [6.45, 7) is 0.207. The number of carbonyl (C=O) groups is 1. The van der Waals surface area contributed by atoms with Crippen LogP contribution in [0.2, 0.25) is 0 Å². The summed E-state index contributed by atoms with van der Waals surface area (Å²) >= 11 is 0. The minimum atomic E-state index is -0.764. The Hall–Kier alpha value is -3.82. The van der Waals surface area contributed by atoms with Crippen molar-refractivity contribution in [3.05, 3.63) is 63.1 Å². The van der Waals surface area contributed by atoms with E-state index in [0.717, 1.165) is 10.6 Å². The highest BCUT2D eigenvalue weighted by Crippen LogP contribution is 2.20. The minimum Gasteiger partial charge on any atom is -0.497 e. The van der Waals surface area contributed by atoms with Crippen LogP contribution in [0.1, 0.15) is 0 Å². The number of nitro benzene ring substituents is 1. The quantitative estimate of drug-likeness (QED) is 0.354. The molecule has 1 heterocycles. The van der Waals surface area contributed by atoms with E-state index in [9.17, 15) is 19.7 Å². The Morgan fingerprint density at radius 2 is 1.93 bits per heavy atom. The second kappa shape index (κ2) is 8.25. The van der Waals surface area contributed by atoms with E-state index in [0.29, 0.717) is 17.0 Å². The zero-order valence-electron chi connectivity index (χ0n) is 14.9. The summed E-state index contributed by atoms with van der Waals surface area (Å²) in [7, 11) is 1.57. The molecule has 0 aliphatic heterocycles. The topological polar surface area (TPSA) is 126 Å². The first-order valence-electron chi connectivity index (χ1n) is 8.29. The lowest BCUT2D eigenvalue weighted by Gasteiger charge is -2.08. The number of benzene rings is 2. The molecule has 28 heavy (non-hydrogen) atoms. The smallest absolute Gasteiger partial charge is 0.420 e. The van der Waals surface area contributed by atoms with Crippen LogP contribution in [0.4, 0.5) is 5.69 Å². The minimum absolute atomic E-state index is 0.0508. The lowest BCUT2D eigenvalue weighted by Crippen LogP contribution is -2.33. The van der Waals surface area contributed by atoms with Gasteiger partial charge in [-0.1, -0.05) is 0 Å². The molecule has 2 aromatic carbocycles. The molecular formula is C18H17N3O7. The predicted octanol–water partition coefficient (Wildman–Crippen LogP) is 1.71. The van der Waals surface area contributed by atoms with Crippen molar-refractivity contribution < 1.29 is 23.6 Å². The largest absolute Gasteiger partial charge is 0.497 e. The third-order valence-corrected chi connectivity index (χ3v) is 3.92. The predicted molar refractivity (Wildman–Crippen MR) is 98.6 cm³/mol. The first-order valence-corrected chi connectivity index (χ1v) is 8.29. The highest BCUT2D eigenvalue weighted by atomic mass is 16.6. The van der Waals surface area contributed by atoms with E-state index in [1.165, 1.54) is 12.1 Å². The van der Waals surface area contributed by atoms with Crippen LogP contribution in [-0.4, -0.2) is 35.7 Å². The van der Waals surface area contributed by atoms with Crippen LogP contribution in [0, 0.1) is 10.1 Å². The number of non-ortho nitro benzene ring substituents is 1. The van der Waals surface area contributed by atoms with Crippen LogP contribution in [0.3, 0.4) is 0 Å². The van der Waals surface area contributed by atoms with E-state index < -0.39 is 16.6 Å². The fourth-order valence-electron chi connectivity index (χ4n) is 2.55.